The Morgan fingerprint density at radius 3 is 2.42 bits per heavy atom. The van der Waals surface area contributed by atoms with Gasteiger partial charge in [-0.1, -0.05) is 36.4 Å². The van der Waals surface area contributed by atoms with Gasteiger partial charge < -0.3 is 14.6 Å². The second-order valence-corrected chi connectivity index (χ2v) is 6.55. The largest absolute Gasteiger partial charge is 0.479 e. The molecule has 5 nitrogen and oxygen atoms in total. The lowest BCUT2D eigenvalue weighted by Gasteiger charge is -2.20. The summed E-state index contributed by atoms with van der Waals surface area (Å²) in [6, 6.07) is 13.0. The number of carboxylic acid groups (broad SMARTS) is 1. The molecule has 5 heteroatoms. The van der Waals surface area contributed by atoms with Crippen molar-refractivity contribution in [3.63, 3.8) is 0 Å². The van der Waals surface area contributed by atoms with Gasteiger partial charge in [-0.05, 0) is 32.2 Å². The van der Waals surface area contributed by atoms with E-state index in [2.05, 4.69) is 0 Å². The Kier molecular flexibility index (Phi) is 5.44. The number of carboxylic acids is 1. The first-order valence-electron chi connectivity index (χ1n) is 7.85. The number of carbonyl (C=O) groups is 2. The molecule has 0 amide bonds. The molecule has 0 spiro atoms. The zero-order valence-corrected chi connectivity index (χ0v) is 14.1. The number of aliphatic carboxylic acids is 1. The summed E-state index contributed by atoms with van der Waals surface area (Å²) in [7, 11) is 0. The molecule has 128 valence electrons. The topological polar surface area (TPSA) is 72.8 Å². The van der Waals surface area contributed by atoms with Gasteiger partial charge >= 0.3 is 11.9 Å². The Bertz CT molecular complexity index is 725. The first kappa shape index (κ1) is 17.8. The molecule has 0 aliphatic carbocycles. The van der Waals surface area contributed by atoms with Gasteiger partial charge in [0.2, 0.25) is 0 Å². The molecule has 0 saturated carbocycles. The van der Waals surface area contributed by atoms with Gasteiger partial charge in [-0.25, -0.2) is 4.79 Å². The Morgan fingerprint density at radius 1 is 1.08 bits per heavy atom. The molecule has 2 aromatic carbocycles. The van der Waals surface area contributed by atoms with Gasteiger partial charge in [0, 0.05) is 18.2 Å². The Morgan fingerprint density at radius 2 is 1.75 bits per heavy atom. The second kappa shape index (κ2) is 7.34. The summed E-state index contributed by atoms with van der Waals surface area (Å²) >= 11 is 0. The minimum atomic E-state index is -1.11. The van der Waals surface area contributed by atoms with Crippen molar-refractivity contribution < 1.29 is 24.2 Å². The van der Waals surface area contributed by atoms with Crippen LogP contribution in [-0.4, -0.2) is 28.8 Å². The summed E-state index contributed by atoms with van der Waals surface area (Å²) in [5.74, 6) is -1.05. The molecule has 0 aliphatic heterocycles. The summed E-state index contributed by atoms with van der Waals surface area (Å²) in [6.45, 7) is 5.31. The Balaban J connectivity index is 2.08. The number of hydrogen-bond acceptors (Lipinski definition) is 4. The Hall–Kier alpha value is -2.56. The molecule has 2 rings (SSSR count). The van der Waals surface area contributed by atoms with Crippen LogP contribution in [-0.2, 0) is 14.3 Å². The van der Waals surface area contributed by atoms with Crippen molar-refractivity contribution in [2.24, 2.45) is 0 Å². The molecule has 2 aromatic rings. The van der Waals surface area contributed by atoms with E-state index in [9.17, 15) is 14.7 Å². The fourth-order valence-corrected chi connectivity index (χ4v) is 2.33. The van der Waals surface area contributed by atoms with Crippen molar-refractivity contribution in [2.75, 3.05) is 0 Å². The maximum absolute atomic E-state index is 11.8. The van der Waals surface area contributed by atoms with Crippen LogP contribution in [0.2, 0.25) is 0 Å². The van der Waals surface area contributed by atoms with E-state index >= 15 is 0 Å². The number of esters is 1. The van der Waals surface area contributed by atoms with Crippen LogP contribution in [0.4, 0.5) is 0 Å². The molecule has 1 N–H and O–H groups in total. The number of ether oxygens (including phenoxy) is 2. The van der Waals surface area contributed by atoms with Crippen LogP contribution in [0, 0.1) is 0 Å². The highest BCUT2D eigenvalue weighted by molar-refractivity contribution is 5.88. The van der Waals surface area contributed by atoms with Gasteiger partial charge in [-0.3, -0.25) is 4.79 Å². The lowest BCUT2D eigenvalue weighted by Crippen LogP contribution is -2.29. The van der Waals surface area contributed by atoms with Crippen molar-refractivity contribution in [1.29, 1.82) is 0 Å². The van der Waals surface area contributed by atoms with E-state index in [4.69, 9.17) is 9.47 Å². The van der Waals surface area contributed by atoms with Crippen LogP contribution in [0.25, 0.3) is 10.8 Å². The third-order valence-corrected chi connectivity index (χ3v) is 3.32. The van der Waals surface area contributed by atoms with E-state index in [1.165, 1.54) is 0 Å². The van der Waals surface area contributed by atoms with Crippen LogP contribution in [0.3, 0.4) is 0 Å². The predicted octanol–water partition coefficient (Wildman–Crippen LogP) is 3.79. The van der Waals surface area contributed by atoms with Crippen molar-refractivity contribution >= 4 is 22.7 Å². The van der Waals surface area contributed by atoms with Gasteiger partial charge in [0.05, 0.1) is 0 Å². The van der Waals surface area contributed by atoms with Crippen molar-refractivity contribution in [3.8, 4) is 5.75 Å². The smallest absolute Gasteiger partial charge is 0.344 e. The fraction of sp³-hybridized carbons (Fsp3) is 0.368. The molecule has 0 bridgehead atoms. The molecular weight excluding hydrogens is 308 g/mol. The SMILES string of the molecule is CC(C)(C)OC(=O)CCC(Oc1cccc2ccccc12)C(=O)O. The molecule has 0 radical (unpaired) electrons. The van der Waals surface area contributed by atoms with E-state index in [1.54, 1.807) is 26.8 Å². The molecule has 24 heavy (non-hydrogen) atoms. The van der Waals surface area contributed by atoms with E-state index in [1.807, 2.05) is 36.4 Å². The zero-order chi connectivity index (χ0) is 17.7. The van der Waals surface area contributed by atoms with Crippen molar-refractivity contribution in [2.45, 2.75) is 45.3 Å². The van der Waals surface area contributed by atoms with E-state index in [-0.39, 0.29) is 12.8 Å². The van der Waals surface area contributed by atoms with Gasteiger partial charge in [0.1, 0.15) is 11.4 Å². The molecule has 0 aliphatic rings. The summed E-state index contributed by atoms with van der Waals surface area (Å²) < 4.78 is 10.9. The standard InChI is InChI=1S/C19H22O5/c1-19(2,3)24-17(20)12-11-16(18(21)22)23-15-10-6-8-13-7-4-5-9-14(13)15/h4-10,16H,11-12H2,1-3H3,(H,21,22). The third kappa shape index (κ3) is 4.98. The summed E-state index contributed by atoms with van der Waals surface area (Å²) in [4.78, 5) is 23.2. The van der Waals surface area contributed by atoms with Crippen LogP contribution >= 0.6 is 0 Å². The molecule has 1 unspecified atom stereocenters. The molecular formula is C19H22O5. The maximum atomic E-state index is 11.8. The summed E-state index contributed by atoms with van der Waals surface area (Å²) in [6.07, 6.45) is -1.07. The van der Waals surface area contributed by atoms with Crippen molar-refractivity contribution in [1.82, 2.24) is 0 Å². The average molecular weight is 330 g/mol. The third-order valence-electron chi connectivity index (χ3n) is 3.32. The molecule has 1 atom stereocenters. The Labute approximate surface area is 141 Å². The highest BCUT2D eigenvalue weighted by atomic mass is 16.6. The molecule has 0 heterocycles. The lowest BCUT2D eigenvalue weighted by molar-refractivity contribution is -0.156. The lowest BCUT2D eigenvalue weighted by atomic mass is 10.1. The molecule has 0 aromatic heterocycles. The number of carbonyl (C=O) groups excluding carboxylic acids is 1. The summed E-state index contributed by atoms with van der Waals surface area (Å²) in [5.41, 5.74) is -0.591. The minimum Gasteiger partial charge on any atom is -0.479 e. The summed E-state index contributed by atoms with van der Waals surface area (Å²) in [5, 5.41) is 11.2. The first-order valence-corrected chi connectivity index (χ1v) is 7.85. The highest BCUT2D eigenvalue weighted by Gasteiger charge is 2.23. The van der Waals surface area contributed by atoms with Gasteiger partial charge in [0.25, 0.3) is 0 Å². The van der Waals surface area contributed by atoms with Crippen LogP contribution < -0.4 is 4.74 Å². The second-order valence-electron chi connectivity index (χ2n) is 6.55. The number of fused-ring (bicyclic) bond motifs is 1. The van der Waals surface area contributed by atoms with E-state index in [0.29, 0.717) is 5.75 Å². The normalized spacial score (nSPS) is 12.6. The highest BCUT2D eigenvalue weighted by Crippen LogP contribution is 2.27. The van der Waals surface area contributed by atoms with Gasteiger partial charge in [-0.2, -0.15) is 0 Å². The van der Waals surface area contributed by atoms with E-state index in [0.717, 1.165) is 10.8 Å². The zero-order valence-electron chi connectivity index (χ0n) is 14.1. The number of hydrogen-bond donors (Lipinski definition) is 1. The van der Waals surface area contributed by atoms with Crippen LogP contribution in [0.1, 0.15) is 33.6 Å². The van der Waals surface area contributed by atoms with E-state index < -0.39 is 23.6 Å². The number of benzene rings is 2. The van der Waals surface area contributed by atoms with Crippen molar-refractivity contribution in [3.05, 3.63) is 42.5 Å². The first-order chi connectivity index (χ1) is 11.3. The molecule has 0 fully saturated rings. The molecule has 0 saturated heterocycles. The predicted molar refractivity (Wildman–Crippen MR) is 91.1 cm³/mol. The quantitative estimate of drug-likeness (QED) is 0.816. The van der Waals surface area contributed by atoms with Crippen LogP contribution in [0.15, 0.2) is 42.5 Å². The average Bonchev–Trinajstić information content (AvgIpc) is 2.49. The van der Waals surface area contributed by atoms with Gasteiger partial charge in [-0.15, -0.1) is 0 Å². The van der Waals surface area contributed by atoms with Gasteiger partial charge in [0.15, 0.2) is 6.10 Å². The minimum absolute atomic E-state index is 0.0149. The maximum Gasteiger partial charge on any atom is 0.344 e. The number of rotatable bonds is 6. The van der Waals surface area contributed by atoms with Crippen LogP contribution in [0.5, 0.6) is 5.75 Å². The fourth-order valence-electron chi connectivity index (χ4n) is 2.33. The monoisotopic (exact) mass is 330 g/mol.